The van der Waals surface area contributed by atoms with Crippen molar-refractivity contribution < 1.29 is 14.4 Å². The Labute approximate surface area is 159 Å². The fourth-order valence-corrected chi connectivity index (χ4v) is 2.31. The van der Waals surface area contributed by atoms with Crippen molar-refractivity contribution in [3.05, 3.63) is 59.7 Å². The zero-order valence-corrected chi connectivity index (χ0v) is 16.0. The third-order valence-electron chi connectivity index (χ3n) is 3.97. The second-order valence-electron chi connectivity index (χ2n) is 6.78. The van der Waals surface area contributed by atoms with Crippen LogP contribution in [0.15, 0.2) is 48.5 Å². The molecule has 27 heavy (non-hydrogen) atoms. The highest BCUT2D eigenvalue weighted by Gasteiger charge is 2.17. The summed E-state index contributed by atoms with van der Waals surface area (Å²) in [5, 5.41) is 8.22. The number of hydrogen-bond donors (Lipinski definition) is 3. The normalized spacial score (nSPS) is 11.6. The summed E-state index contributed by atoms with van der Waals surface area (Å²) < 4.78 is 0. The molecule has 142 valence electrons. The maximum Gasteiger partial charge on any atom is 0.251 e. The molecule has 3 amide bonds. The fraction of sp³-hybridized carbons (Fsp3) is 0.286. The van der Waals surface area contributed by atoms with Crippen LogP contribution in [0.25, 0.3) is 0 Å². The average Bonchev–Trinajstić information content (AvgIpc) is 2.63. The van der Waals surface area contributed by atoms with Crippen molar-refractivity contribution in [1.82, 2.24) is 5.32 Å². The van der Waals surface area contributed by atoms with Crippen molar-refractivity contribution in [2.45, 2.75) is 33.7 Å². The molecule has 0 spiro atoms. The van der Waals surface area contributed by atoms with Gasteiger partial charge in [0.05, 0.1) is 0 Å². The Morgan fingerprint density at radius 3 is 1.89 bits per heavy atom. The lowest BCUT2D eigenvalue weighted by Gasteiger charge is -2.15. The summed E-state index contributed by atoms with van der Waals surface area (Å²) in [5.41, 5.74) is 2.73. The van der Waals surface area contributed by atoms with E-state index in [4.69, 9.17) is 0 Å². The number of amides is 3. The van der Waals surface area contributed by atoms with Gasteiger partial charge in [0.25, 0.3) is 5.91 Å². The van der Waals surface area contributed by atoms with Crippen LogP contribution in [0.3, 0.4) is 0 Å². The molecule has 0 aliphatic rings. The Morgan fingerprint density at radius 1 is 0.815 bits per heavy atom. The molecule has 1 atom stereocenters. The minimum Gasteiger partial charge on any atom is -0.341 e. The number of anilines is 2. The van der Waals surface area contributed by atoms with E-state index in [9.17, 15) is 14.4 Å². The molecule has 2 aromatic carbocycles. The van der Waals surface area contributed by atoms with Crippen molar-refractivity contribution in [3.63, 3.8) is 0 Å². The van der Waals surface area contributed by atoms with Gasteiger partial charge in [0, 0.05) is 22.9 Å². The van der Waals surface area contributed by atoms with E-state index >= 15 is 0 Å². The molecule has 2 aromatic rings. The van der Waals surface area contributed by atoms with E-state index in [-0.39, 0.29) is 23.6 Å². The second-order valence-corrected chi connectivity index (χ2v) is 6.78. The molecule has 6 nitrogen and oxygen atoms in total. The molecule has 0 aromatic heterocycles. The summed E-state index contributed by atoms with van der Waals surface area (Å²) in [7, 11) is 0. The van der Waals surface area contributed by atoms with Crippen LogP contribution in [0.4, 0.5) is 11.4 Å². The van der Waals surface area contributed by atoms with Gasteiger partial charge < -0.3 is 16.0 Å². The zero-order valence-electron chi connectivity index (χ0n) is 16.0. The lowest BCUT2D eigenvalue weighted by atomic mass is 10.1. The highest BCUT2D eigenvalue weighted by molar-refractivity contribution is 6.01. The topological polar surface area (TPSA) is 87.3 Å². The van der Waals surface area contributed by atoms with Gasteiger partial charge >= 0.3 is 0 Å². The van der Waals surface area contributed by atoms with Gasteiger partial charge in [-0.05, 0) is 50.2 Å². The smallest absolute Gasteiger partial charge is 0.251 e. The Balaban J connectivity index is 1.92. The zero-order chi connectivity index (χ0) is 20.0. The van der Waals surface area contributed by atoms with Gasteiger partial charge in [-0.2, -0.15) is 0 Å². The lowest BCUT2D eigenvalue weighted by molar-refractivity contribution is -0.119. The van der Waals surface area contributed by atoms with Crippen LogP contribution in [-0.4, -0.2) is 23.8 Å². The SMILES string of the molecule is Cc1cccc(C(=O)NC(C)C(=O)Nc2ccc(NC(=O)C(C)C)cc2)c1. The number of carbonyl (C=O) groups excluding carboxylic acids is 3. The highest BCUT2D eigenvalue weighted by atomic mass is 16.2. The van der Waals surface area contributed by atoms with Gasteiger partial charge in [-0.1, -0.05) is 31.5 Å². The molecule has 0 bridgehead atoms. The molecule has 3 N–H and O–H groups in total. The monoisotopic (exact) mass is 367 g/mol. The van der Waals surface area contributed by atoms with Crippen LogP contribution in [0.1, 0.15) is 36.7 Å². The second kappa shape index (κ2) is 8.98. The van der Waals surface area contributed by atoms with Gasteiger partial charge in [-0.25, -0.2) is 0 Å². The molecule has 1 unspecified atom stereocenters. The third-order valence-corrected chi connectivity index (χ3v) is 3.97. The molecule has 2 rings (SSSR count). The van der Waals surface area contributed by atoms with E-state index < -0.39 is 6.04 Å². The maximum absolute atomic E-state index is 12.3. The number of benzene rings is 2. The molecule has 0 fully saturated rings. The third kappa shape index (κ3) is 5.95. The quantitative estimate of drug-likeness (QED) is 0.732. The van der Waals surface area contributed by atoms with E-state index in [0.29, 0.717) is 16.9 Å². The van der Waals surface area contributed by atoms with Crippen molar-refractivity contribution >= 4 is 29.1 Å². The van der Waals surface area contributed by atoms with Gasteiger partial charge in [0.1, 0.15) is 6.04 Å². The van der Waals surface area contributed by atoms with Crippen LogP contribution < -0.4 is 16.0 Å². The molecule has 0 aliphatic carbocycles. The maximum atomic E-state index is 12.3. The fourth-order valence-electron chi connectivity index (χ4n) is 2.31. The molecule has 0 heterocycles. The number of aryl methyl sites for hydroxylation is 1. The first-order valence-electron chi connectivity index (χ1n) is 8.85. The predicted molar refractivity (Wildman–Crippen MR) is 107 cm³/mol. The molecule has 6 heteroatoms. The van der Waals surface area contributed by atoms with Gasteiger partial charge in [-0.3, -0.25) is 14.4 Å². The van der Waals surface area contributed by atoms with E-state index in [0.717, 1.165) is 5.56 Å². The number of hydrogen-bond acceptors (Lipinski definition) is 3. The van der Waals surface area contributed by atoms with E-state index in [2.05, 4.69) is 16.0 Å². The molecular formula is C21H25N3O3. The van der Waals surface area contributed by atoms with Gasteiger partial charge in [0.15, 0.2) is 0 Å². The minimum atomic E-state index is -0.696. The standard InChI is InChI=1S/C21H25N3O3/c1-13(2)19(25)23-17-8-10-18(11-9-17)24-20(26)15(4)22-21(27)16-7-5-6-14(3)12-16/h5-13,15H,1-4H3,(H,22,27)(H,23,25)(H,24,26). The van der Waals surface area contributed by atoms with Crippen LogP contribution in [-0.2, 0) is 9.59 Å². The van der Waals surface area contributed by atoms with Crippen molar-refractivity contribution in [1.29, 1.82) is 0 Å². The first kappa shape index (κ1) is 20.2. The number of carbonyl (C=O) groups is 3. The molecular weight excluding hydrogens is 342 g/mol. The molecule has 0 radical (unpaired) electrons. The summed E-state index contributed by atoms with van der Waals surface area (Å²) in [4.78, 5) is 36.2. The summed E-state index contributed by atoms with van der Waals surface area (Å²) >= 11 is 0. The lowest BCUT2D eigenvalue weighted by Crippen LogP contribution is -2.41. The Kier molecular flexibility index (Phi) is 6.71. The van der Waals surface area contributed by atoms with E-state index in [1.165, 1.54) is 0 Å². The first-order chi connectivity index (χ1) is 12.8. The first-order valence-corrected chi connectivity index (χ1v) is 8.85. The average molecular weight is 367 g/mol. The largest absolute Gasteiger partial charge is 0.341 e. The summed E-state index contributed by atoms with van der Waals surface area (Å²) in [6.07, 6.45) is 0. The number of nitrogens with one attached hydrogen (secondary N) is 3. The van der Waals surface area contributed by atoms with Crippen molar-refractivity contribution in [2.75, 3.05) is 10.6 Å². The Morgan fingerprint density at radius 2 is 1.37 bits per heavy atom. The molecule has 0 aliphatic heterocycles. The van der Waals surface area contributed by atoms with Gasteiger partial charge in [-0.15, -0.1) is 0 Å². The van der Waals surface area contributed by atoms with Crippen LogP contribution in [0.2, 0.25) is 0 Å². The Bertz CT molecular complexity index is 829. The number of rotatable bonds is 6. The molecule has 0 saturated carbocycles. The van der Waals surface area contributed by atoms with Crippen LogP contribution in [0.5, 0.6) is 0 Å². The van der Waals surface area contributed by atoms with E-state index in [1.807, 2.05) is 26.8 Å². The minimum absolute atomic E-state index is 0.0701. The highest BCUT2D eigenvalue weighted by Crippen LogP contribution is 2.15. The van der Waals surface area contributed by atoms with Crippen LogP contribution in [0, 0.1) is 12.8 Å². The Hall–Kier alpha value is -3.15. The van der Waals surface area contributed by atoms with Crippen molar-refractivity contribution in [2.24, 2.45) is 5.92 Å². The van der Waals surface area contributed by atoms with Gasteiger partial charge in [0.2, 0.25) is 11.8 Å². The molecule has 0 saturated heterocycles. The summed E-state index contributed by atoms with van der Waals surface area (Å²) in [5.74, 6) is -0.801. The van der Waals surface area contributed by atoms with Crippen LogP contribution >= 0.6 is 0 Å². The summed E-state index contributed by atoms with van der Waals surface area (Å²) in [6.45, 7) is 7.16. The summed E-state index contributed by atoms with van der Waals surface area (Å²) in [6, 6.07) is 13.3. The predicted octanol–water partition coefficient (Wildman–Crippen LogP) is 3.35. The van der Waals surface area contributed by atoms with E-state index in [1.54, 1.807) is 49.4 Å². The van der Waals surface area contributed by atoms with Crippen molar-refractivity contribution in [3.8, 4) is 0 Å².